The van der Waals surface area contributed by atoms with Crippen molar-refractivity contribution >= 4 is 5.91 Å². The summed E-state index contributed by atoms with van der Waals surface area (Å²) in [6.07, 6.45) is 0.550. The second-order valence-electron chi connectivity index (χ2n) is 6.26. The van der Waals surface area contributed by atoms with E-state index in [1.165, 1.54) is 0 Å². The number of hydrogen-bond acceptors (Lipinski definition) is 4. The van der Waals surface area contributed by atoms with E-state index in [0.29, 0.717) is 25.1 Å². The molecule has 0 saturated carbocycles. The average molecular weight is 304 g/mol. The number of nitriles is 1. The Morgan fingerprint density at radius 3 is 2.59 bits per heavy atom. The molecule has 0 fully saturated rings. The third-order valence-electron chi connectivity index (χ3n) is 3.20. The van der Waals surface area contributed by atoms with Gasteiger partial charge in [-0.15, -0.1) is 0 Å². The molecule has 0 heterocycles. The number of aliphatic hydroxyl groups is 1. The summed E-state index contributed by atoms with van der Waals surface area (Å²) in [7, 11) is 0. The van der Waals surface area contributed by atoms with Crippen LogP contribution in [0.2, 0.25) is 0 Å². The first-order valence-electron chi connectivity index (χ1n) is 7.36. The molecule has 0 aliphatic carbocycles. The molecule has 0 saturated heterocycles. The number of carbonyl (C=O) groups excluding carboxylic acids is 1. The van der Waals surface area contributed by atoms with Crippen molar-refractivity contribution in [1.82, 2.24) is 5.32 Å². The predicted octanol–water partition coefficient (Wildman–Crippen LogP) is 2.04. The van der Waals surface area contributed by atoms with E-state index in [1.54, 1.807) is 19.1 Å². The Balaban J connectivity index is 2.43. The molecular weight excluding hydrogens is 280 g/mol. The maximum absolute atomic E-state index is 12.0. The standard InChI is InChI=1S/C17H24N2O3/c1-13(20)11-17(2,3)12-19-16(21)10-14-4-6-15(7-5-14)22-9-8-18/h4-7,13,20H,9-12H2,1-3H3,(H,19,21). The Morgan fingerprint density at radius 2 is 2.05 bits per heavy atom. The van der Waals surface area contributed by atoms with Gasteiger partial charge in [0, 0.05) is 6.54 Å². The smallest absolute Gasteiger partial charge is 0.224 e. The van der Waals surface area contributed by atoms with E-state index in [0.717, 1.165) is 5.56 Å². The topological polar surface area (TPSA) is 82.3 Å². The number of ether oxygens (including phenoxy) is 1. The number of hydrogen-bond donors (Lipinski definition) is 2. The van der Waals surface area contributed by atoms with Crippen molar-refractivity contribution in [2.45, 2.75) is 39.7 Å². The summed E-state index contributed by atoms with van der Waals surface area (Å²) in [5.74, 6) is 0.563. The van der Waals surface area contributed by atoms with Crippen molar-refractivity contribution in [3.63, 3.8) is 0 Å². The van der Waals surface area contributed by atoms with Crippen LogP contribution in [0.5, 0.6) is 5.75 Å². The Bertz CT molecular complexity index is 516. The molecule has 1 atom stereocenters. The number of amides is 1. The van der Waals surface area contributed by atoms with Crippen LogP contribution in [0, 0.1) is 16.7 Å². The molecule has 22 heavy (non-hydrogen) atoms. The zero-order valence-electron chi connectivity index (χ0n) is 13.4. The second kappa shape index (κ2) is 8.40. The van der Waals surface area contributed by atoms with Crippen molar-refractivity contribution in [2.75, 3.05) is 13.2 Å². The van der Waals surface area contributed by atoms with Crippen LogP contribution in [-0.4, -0.2) is 30.3 Å². The average Bonchev–Trinajstić information content (AvgIpc) is 2.43. The van der Waals surface area contributed by atoms with Crippen LogP contribution in [0.4, 0.5) is 0 Å². The van der Waals surface area contributed by atoms with E-state index in [9.17, 15) is 9.90 Å². The molecule has 0 bridgehead atoms. The van der Waals surface area contributed by atoms with Gasteiger partial charge in [-0.1, -0.05) is 26.0 Å². The molecule has 1 rings (SSSR count). The third-order valence-corrected chi connectivity index (χ3v) is 3.20. The Kier molecular flexibility index (Phi) is 6.87. The Morgan fingerprint density at radius 1 is 1.41 bits per heavy atom. The van der Waals surface area contributed by atoms with Crippen molar-refractivity contribution in [3.05, 3.63) is 29.8 Å². The molecule has 0 aliphatic rings. The van der Waals surface area contributed by atoms with Crippen LogP contribution in [0.1, 0.15) is 32.8 Å². The van der Waals surface area contributed by atoms with E-state index in [4.69, 9.17) is 10.00 Å². The molecule has 1 unspecified atom stereocenters. The molecule has 1 aromatic carbocycles. The van der Waals surface area contributed by atoms with Crippen LogP contribution in [0.15, 0.2) is 24.3 Å². The number of carbonyl (C=O) groups is 1. The largest absolute Gasteiger partial charge is 0.479 e. The molecule has 5 heteroatoms. The highest BCUT2D eigenvalue weighted by Gasteiger charge is 2.21. The molecule has 120 valence electrons. The fraction of sp³-hybridized carbons (Fsp3) is 0.529. The highest BCUT2D eigenvalue weighted by Crippen LogP contribution is 2.21. The summed E-state index contributed by atoms with van der Waals surface area (Å²) in [6, 6.07) is 9.02. The van der Waals surface area contributed by atoms with Crippen molar-refractivity contribution < 1.29 is 14.6 Å². The Hall–Kier alpha value is -2.06. The molecule has 1 amide bonds. The van der Waals surface area contributed by atoms with Gasteiger partial charge in [0.2, 0.25) is 5.91 Å². The van der Waals surface area contributed by atoms with Crippen LogP contribution >= 0.6 is 0 Å². The van der Waals surface area contributed by atoms with Gasteiger partial charge < -0.3 is 15.2 Å². The zero-order chi connectivity index (χ0) is 16.6. The van der Waals surface area contributed by atoms with E-state index >= 15 is 0 Å². The summed E-state index contributed by atoms with van der Waals surface area (Å²) < 4.78 is 5.16. The zero-order valence-corrected chi connectivity index (χ0v) is 13.4. The van der Waals surface area contributed by atoms with Crippen molar-refractivity contribution in [3.8, 4) is 11.8 Å². The predicted molar refractivity (Wildman–Crippen MR) is 84.3 cm³/mol. The van der Waals surface area contributed by atoms with Crippen LogP contribution < -0.4 is 10.1 Å². The van der Waals surface area contributed by atoms with E-state index in [2.05, 4.69) is 5.32 Å². The van der Waals surface area contributed by atoms with Gasteiger partial charge in [0.05, 0.1) is 12.5 Å². The highest BCUT2D eigenvalue weighted by molar-refractivity contribution is 5.78. The molecule has 2 N–H and O–H groups in total. The number of benzene rings is 1. The number of aliphatic hydroxyl groups excluding tert-OH is 1. The van der Waals surface area contributed by atoms with Gasteiger partial charge in [-0.2, -0.15) is 5.26 Å². The van der Waals surface area contributed by atoms with Gasteiger partial charge in [-0.25, -0.2) is 0 Å². The van der Waals surface area contributed by atoms with E-state index in [1.807, 2.05) is 32.0 Å². The minimum absolute atomic E-state index is 0.0121. The molecule has 0 spiro atoms. The maximum Gasteiger partial charge on any atom is 0.224 e. The monoisotopic (exact) mass is 304 g/mol. The quantitative estimate of drug-likeness (QED) is 0.770. The normalized spacial score (nSPS) is 12.3. The van der Waals surface area contributed by atoms with E-state index in [-0.39, 0.29) is 24.0 Å². The second-order valence-corrected chi connectivity index (χ2v) is 6.26. The lowest BCUT2D eigenvalue weighted by Gasteiger charge is -2.26. The van der Waals surface area contributed by atoms with Crippen LogP contribution in [0.25, 0.3) is 0 Å². The summed E-state index contributed by atoms with van der Waals surface area (Å²) in [5.41, 5.74) is 0.744. The SMILES string of the molecule is CC(O)CC(C)(C)CNC(=O)Cc1ccc(OCC#N)cc1. The lowest BCUT2D eigenvalue weighted by molar-refractivity contribution is -0.121. The van der Waals surface area contributed by atoms with Gasteiger partial charge in [-0.05, 0) is 36.5 Å². The molecule has 0 aliphatic heterocycles. The fourth-order valence-corrected chi connectivity index (χ4v) is 2.28. The van der Waals surface area contributed by atoms with Gasteiger partial charge >= 0.3 is 0 Å². The first kappa shape index (κ1) is 18.0. The van der Waals surface area contributed by atoms with Gasteiger partial charge in [0.1, 0.15) is 11.8 Å². The Labute approximate surface area is 131 Å². The number of nitrogens with one attached hydrogen (secondary N) is 1. The highest BCUT2D eigenvalue weighted by atomic mass is 16.5. The van der Waals surface area contributed by atoms with Crippen molar-refractivity contribution in [2.24, 2.45) is 5.41 Å². The van der Waals surface area contributed by atoms with Crippen molar-refractivity contribution in [1.29, 1.82) is 5.26 Å². The third kappa shape index (κ3) is 7.09. The summed E-state index contributed by atoms with van der Waals surface area (Å²) >= 11 is 0. The van der Waals surface area contributed by atoms with Gasteiger partial charge in [0.15, 0.2) is 6.61 Å². The van der Waals surface area contributed by atoms with Gasteiger partial charge in [0.25, 0.3) is 0 Å². The first-order valence-corrected chi connectivity index (χ1v) is 7.36. The minimum atomic E-state index is -0.382. The lowest BCUT2D eigenvalue weighted by atomic mass is 9.87. The molecule has 0 radical (unpaired) electrons. The molecule has 0 aromatic heterocycles. The summed E-state index contributed by atoms with van der Waals surface area (Å²) in [5, 5.41) is 20.8. The number of nitrogens with zero attached hydrogens (tertiary/aromatic N) is 1. The summed E-state index contributed by atoms with van der Waals surface area (Å²) in [4.78, 5) is 12.0. The van der Waals surface area contributed by atoms with Crippen LogP contribution in [0.3, 0.4) is 0 Å². The summed E-state index contributed by atoms with van der Waals surface area (Å²) in [6.45, 7) is 6.32. The van der Waals surface area contributed by atoms with Gasteiger partial charge in [-0.3, -0.25) is 4.79 Å². The molecule has 5 nitrogen and oxygen atoms in total. The maximum atomic E-state index is 12.0. The number of rotatable bonds is 8. The minimum Gasteiger partial charge on any atom is -0.479 e. The molecular formula is C17H24N2O3. The van der Waals surface area contributed by atoms with Crippen LogP contribution in [-0.2, 0) is 11.2 Å². The first-order chi connectivity index (χ1) is 10.3. The lowest BCUT2D eigenvalue weighted by Crippen LogP contribution is -2.36. The fourth-order valence-electron chi connectivity index (χ4n) is 2.28. The molecule has 1 aromatic rings. The van der Waals surface area contributed by atoms with E-state index < -0.39 is 0 Å².